The molecular formula is C30H33FN5O10P. The van der Waals surface area contributed by atoms with E-state index in [1.54, 1.807) is 44.2 Å². The Balaban J connectivity index is 0.000000351. The average Bonchev–Trinajstić information content (AvgIpc) is 3.64. The molecule has 0 spiro atoms. The number of nitrogens with two attached hydrogens (primary N) is 1. The third-order valence-electron chi connectivity index (χ3n) is 6.55. The number of nitrogen functional groups attached to an aromatic ring is 1. The number of aromatic carboxylic acids is 1. The summed E-state index contributed by atoms with van der Waals surface area (Å²) in [7, 11) is -2.22. The summed E-state index contributed by atoms with van der Waals surface area (Å²) in [4.78, 5) is 34.6. The van der Waals surface area contributed by atoms with Gasteiger partial charge in [-0.25, -0.2) is 24.1 Å². The van der Waals surface area contributed by atoms with E-state index in [1.165, 1.54) is 42.5 Å². The summed E-state index contributed by atoms with van der Waals surface area (Å²) in [5.74, 6) is -2.31. The zero-order valence-corrected chi connectivity index (χ0v) is 26.5. The third-order valence-corrected chi connectivity index (χ3v) is 8.74. The Labute approximate surface area is 268 Å². The number of aromatic hydroxyl groups is 1. The number of carboxylic acid groups (broad SMARTS) is 1. The van der Waals surface area contributed by atoms with Gasteiger partial charge in [0.15, 0.2) is 41.3 Å². The summed E-state index contributed by atoms with van der Waals surface area (Å²) < 4.78 is 56.6. The van der Waals surface area contributed by atoms with Crippen LogP contribution < -0.4 is 15.0 Å². The number of benzene rings is 2. The van der Waals surface area contributed by atoms with Crippen LogP contribution in [0.1, 0.15) is 30.4 Å². The molecule has 4 atom stereocenters. The predicted molar refractivity (Wildman–Crippen MR) is 166 cm³/mol. The lowest BCUT2D eigenvalue weighted by atomic mass is 10.2. The van der Waals surface area contributed by atoms with E-state index in [0.717, 1.165) is 6.08 Å². The Hall–Kier alpha value is -5.05. The zero-order valence-electron chi connectivity index (χ0n) is 25.6. The molecule has 0 aliphatic carbocycles. The monoisotopic (exact) mass is 673 g/mol. The number of esters is 1. The lowest BCUT2D eigenvalue weighted by Crippen LogP contribution is -2.22. The van der Waals surface area contributed by atoms with Crippen LogP contribution in [0.2, 0.25) is 0 Å². The van der Waals surface area contributed by atoms with Crippen LogP contribution in [0.4, 0.5) is 10.2 Å². The number of carbonyl (C=O) groups is 2. The van der Waals surface area contributed by atoms with E-state index >= 15 is 0 Å². The molecule has 250 valence electrons. The van der Waals surface area contributed by atoms with Gasteiger partial charge >= 0.3 is 11.9 Å². The maximum atomic E-state index is 14.8. The minimum absolute atomic E-state index is 0.0671. The van der Waals surface area contributed by atoms with E-state index < -0.39 is 49.9 Å². The molecule has 0 radical (unpaired) electrons. The quantitative estimate of drug-likeness (QED) is 0.137. The number of fused-ring (bicyclic) bond motifs is 1. The second-order valence-electron chi connectivity index (χ2n) is 10.0. The topological polar surface area (TPSA) is 207 Å². The Bertz CT molecular complexity index is 1790. The molecule has 0 saturated heterocycles. The number of phenols is 1. The fourth-order valence-corrected chi connectivity index (χ4v) is 6.43. The Morgan fingerprint density at radius 1 is 1.17 bits per heavy atom. The second-order valence-corrected chi connectivity index (χ2v) is 12.5. The van der Waals surface area contributed by atoms with E-state index in [1.807, 2.05) is 0 Å². The summed E-state index contributed by atoms with van der Waals surface area (Å²) in [6, 6.07) is 12.4. The number of ether oxygens (including phenoxy) is 4. The van der Waals surface area contributed by atoms with Crippen molar-refractivity contribution in [1.82, 2.24) is 19.5 Å². The predicted octanol–water partition coefficient (Wildman–Crippen LogP) is 4.75. The molecule has 47 heavy (non-hydrogen) atoms. The molecule has 2 aromatic heterocycles. The van der Waals surface area contributed by atoms with Crippen molar-refractivity contribution in [2.75, 3.05) is 32.0 Å². The van der Waals surface area contributed by atoms with Gasteiger partial charge in [-0.2, -0.15) is 0 Å². The maximum absolute atomic E-state index is 14.8. The Morgan fingerprint density at radius 3 is 2.60 bits per heavy atom. The summed E-state index contributed by atoms with van der Waals surface area (Å²) >= 11 is 0. The maximum Gasteiger partial charge on any atom is 0.335 e. The zero-order chi connectivity index (χ0) is 34.1. The molecule has 1 aliphatic heterocycles. The number of hydrogen-bond donors (Lipinski definition) is 3. The number of imidazole rings is 1. The minimum atomic E-state index is -3.58. The lowest BCUT2D eigenvalue weighted by molar-refractivity contribution is -0.146. The van der Waals surface area contributed by atoms with Crippen LogP contribution in [-0.2, 0) is 23.6 Å². The molecule has 4 N–H and O–H groups in total. The first-order valence-corrected chi connectivity index (χ1v) is 16.1. The van der Waals surface area contributed by atoms with Crippen molar-refractivity contribution >= 4 is 36.3 Å². The van der Waals surface area contributed by atoms with Crippen LogP contribution in [0.3, 0.4) is 0 Å². The Kier molecular flexibility index (Phi) is 11.5. The van der Waals surface area contributed by atoms with Crippen molar-refractivity contribution < 1.29 is 52.2 Å². The highest BCUT2D eigenvalue weighted by molar-refractivity contribution is 7.59. The van der Waals surface area contributed by atoms with Crippen molar-refractivity contribution in [3.8, 4) is 17.2 Å². The number of rotatable bonds is 12. The van der Waals surface area contributed by atoms with E-state index in [-0.39, 0.29) is 41.3 Å². The van der Waals surface area contributed by atoms with Gasteiger partial charge in [0.25, 0.3) is 7.37 Å². The molecule has 1 aliphatic rings. The van der Waals surface area contributed by atoms with Crippen molar-refractivity contribution in [3.63, 3.8) is 0 Å². The summed E-state index contributed by atoms with van der Waals surface area (Å²) in [5, 5.41) is 17.7. The van der Waals surface area contributed by atoms with Gasteiger partial charge in [0, 0.05) is 6.08 Å². The van der Waals surface area contributed by atoms with Crippen molar-refractivity contribution in [1.29, 1.82) is 0 Å². The summed E-state index contributed by atoms with van der Waals surface area (Å²) in [6.45, 7) is 3.48. The molecule has 1 unspecified atom stereocenters. The van der Waals surface area contributed by atoms with Gasteiger partial charge in [0.05, 0.1) is 37.7 Å². The molecule has 2 aromatic carbocycles. The molecule has 4 aromatic rings. The first-order chi connectivity index (χ1) is 22.4. The summed E-state index contributed by atoms with van der Waals surface area (Å²) in [5.41, 5.74) is 6.47. The van der Waals surface area contributed by atoms with Gasteiger partial charge in [0.2, 0.25) is 0 Å². The number of anilines is 1. The molecule has 5 rings (SSSR count). The largest absolute Gasteiger partial charge is 0.504 e. The number of nitrogens with zero attached hydrogens (tertiary/aromatic N) is 4. The molecule has 0 amide bonds. The normalized spacial score (nSPS) is 17.5. The first-order valence-electron chi connectivity index (χ1n) is 14.1. The van der Waals surface area contributed by atoms with E-state index in [2.05, 4.69) is 15.0 Å². The van der Waals surface area contributed by atoms with Crippen molar-refractivity contribution in [3.05, 3.63) is 78.7 Å². The number of carbonyl (C=O) groups excluding carboxylic acids is 1. The van der Waals surface area contributed by atoms with E-state index in [9.17, 15) is 18.5 Å². The van der Waals surface area contributed by atoms with Crippen LogP contribution in [0.15, 0.2) is 73.1 Å². The van der Waals surface area contributed by atoms with Gasteiger partial charge in [-0.15, -0.1) is 0 Å². The van der Waals surface area contributed by atoms with Crippen LogP contribution in [0.5, 0.6) is 17.2 Å². The van der Waals surface area contributed by atoms with E-state index in [0.29, 0.717) is 11.3 Å². The number of hydrogen-bond acceptors (Lipinski definition) is 13. The fraction of sp³-hybridized carbons (Fsp3) is 0.300. The number of phenolic OH excluding ortho intramolecular Hbond substituents is 1. The van der Waals surface area contributed by atoms with Crippen LogP contribution in [-0.4, -0.2) is 74.2 Å². The van der Waals surface area contributed by atoms with Crippen LogP contribution in [0.25, 0.3) is 11.2 Å². The highest BCUT2D eigenvalue weighted by atomic mass is 31.2. The van der Waals surface area contributed by atoms with Gasteiger partial charge in [-0.1, -0.05) is 25.1 Å². The minimum Gasteiger partial charge on any atom is -0.504 e. The molecule has 0 bridgehead atoms. The number of carboxylic acids is 1. The third kappa shape index (κ3) is 8.82. The van der Waals surface area contributed by atoms with Crippen LogP contribution >= 0.6 is 7.37 Å². The highest BCUT2D eigenvalue weighted by Crippen LogP contribution is 2.49. The second kappa shape index (κ2) is 15.5. The lowest BCUT2D eigenvalue weighted by Gasteiger charge is -2.23. The standard InChI is InChI=1S/C22H25FN5O6P.C8H8O4/c1-3-31-22(29)14(2)10-35(30,34-15-7-5-4-6-8-15)13-32-17-9-16(23)21(33-17)28-12-27-18-19(24)25-11-26-20(18)28;1-12-7-4-5(8(10)11)2-3-6(7)9/h4-9,11-12,14,17,21H,3,10,13H2,1-2H3,(H2,24,25,26);2-4,9H,1H3,(H,10,11)/t14-,17?,21-,35-;/m1./s1. The van der Waals surface area contributed by atoms with Crippen LogP contribution in [0, 0.1) is 5.92 Å². The number of methoxy groups -OCH3 is 1. The van der Waals surface area contributed by atoms with Gasteiger partial charge in [-0.05, 0) is 37.3 Å². The fourth-order valence-electron chi connectivity index (χ4n) is 4.33. The highest BCUT2D eigenvalue weighted by Gasteiger charge is 2.36. The van der Waals surface area contributed by atoms with Gasteiger partial charge < -0.3 is 39.4 Å². The molecule has 0 saturated carbocycles. The molecule has 3 heterocycles. The van der Waals surface area contributed by atoms with Gasteiger partial charge in [-0.3, -0.25) is 13.9 Å². The molecule has 0 fully saturated rings. The number of aromatic nitrogens is 4. The SMILES string of the molecule is CCOC(=O)[C@H](C)C[P@](=O)(COC1C=C(F)[C@H](n2cnc3c(N)ncnc32)O1)Oc1ccccc1.COc1cc(C(=O)O)ccc1O. The summed E-state index contributed by atoms with van der Waals surface area (Å²) in [6.07, 6.45) is 0.762. The molecular weight excluding hydrogens is 640 g/mol. The number of halogens is 1. The smallest absolute Gasteiger partial charge is 0.335 e. The molecule has 15 nitrogen and oxygen atoms in total. The van der Waals surface area contributed by atoms with Crippen molar-refractivity contribution in [2.24, 2.45) is 5.92 Å². The van der Waals surface area contributed by atoms with E-state index in [4.69, 9.17) is 39.4 Å². The first kappa shape index (κ1) is 34.8. The van der Waals surface area contributed by atoms with Crippen molar-refractivity contribution in [2.45, 2.75) is 26.4 Å². The molecule has 17 heteroatoms. The Morgan fingerprint density at radius 2 is 1.91 bits per heavy atom. The van der Waals surface area contributed by atoms with Gasteiger partial charge in [0.1, 0.15) is 23.9 Å². The average molecular weight is 674 g/mol. The number of para-hydroxylation sites is 1.